The van der Waals surface area contributed by atoms with Gasteiger partial charge in [0.2, 0.25) is 11.9 Å². The molecule has 262 valence electrons. The summed E-state index contributed by atoms with van der Waals surface area (Å²) in [5, 5.41) is 23.8. The molecule has 1 fully saturated rings. The highest BCUT2D eigenvalue weighted by Gasteiger charge is 2.46. The van der Waals surface area contributed by atoms with Gasteiger partial charge in [-0.25, -0.2) is 14.1 Å². The zero-order valence-corrected chi connectivity index (χ0v) is 27.5. The van der Waals surface area contributed by atoms with E-state index < -0.39 is 52.4 Å². The molecule has 6 rings (SSSR count). The van der Waals surface area contributed by atoms with Crippen LogP contribution >= 0.6 is 15.6 Å². The highest BCUT2D eigenvalue weighted by Crippen LogP contribution is 2.60. The molecule has 2 aromatic carbocycles. The maximum absolute atomic E-state index is 12.4. The van der Waals surface area contributed by atoms with Gasteiger partial charge in [-0.15, -0.1) is 0 Å². The average Bonchev–Trinajstić information content (AvgIpc) is 3.70. The number of carbonyl (C=O) groups is 1. The number of nitrogens with zero attached hydrogens (tertiary/aromatic N) is 3. The minimum absolute atomic E-state index is 0.0569. The lowest BCUT2D eigenvalue weighted by molar-refractivity contribution is -0.116. The minimum Gasteiger partial charge on any atom is -0.387 e. The predicted octanol–water partition coefficient (Wildman–Crippen LogP) is 2.34. The van der Waals surface area contributed by atoms with Gasteiger partial charge >= 0.3 is 15.6 Å². The highest BCUT2D eigenvalue weighted by molar-refractivity contribution is 7.61. The molecule has 2 aromatic heterocycles. The van der Waals surface area contributed by atoms with Crippen LogP contribution in [0.5, 0.6) is 0 Å². The summed E-state index contributed by atoms with van der Waals surface area (Å²) in [6.45, 7) is -1.17. The number of nitrogens with one attached hydrogen (secondary N) is 2. The van der Waals surface area contributed by atoms with Crippen molar-refractivity contribution < 1.29 is 52.0 Å². The van der Waals surface area contributed by atoms with E-state index in [0.29, 0.717) is 18.5 Å². The van der Waals surface area contributed by atoms with E-state index >= 15 is 0 Å². The molecule has 2 unspecified atom stereocenters. The van der Waals surface area contributed by atoms with Gasteiger partial charge in [0, 0.05) is 12.1 Å². The summed E-state index contributed by atoms with van der Waals surface area (Å²) in [5.41, 5.74) is 10.2. The molecule has 0 saturated carbocycles. The summed E-state index contributed by atoms with van der Waals surface area (Å²) < 4.78 is 45.2. The lowest BCUT2D eigenvalue weighted by atomic mass is 10.1. The summed E-state index contributed by atoms with van der Waals surface area (Å²) in [5.74, 6) is -0.418. The number of aromatic amines is 1. The molecule has 49 heavy (non-hydrogen) atoms. The summed E-state index contributed by atoms with van der Waals surface area (Å²) in [7, 11) is -10.3. The van der Waals surface area contributed by atoms with E-state index in [4.69, 9.17) is 19.5 Å². The van der Waals surface area contributed by atoms with Crippen molar-refractivity contribution in [1.82, 2.24) is 19.5 Å². The number of rotatable bonds is 14. The first-order valence-corrected chi connectivity index (χ1v) is 18.2. The van der Waals surface area contributed by atoms with Gasteiger partial charge in [-0.2, -0.15) is 9.29 Å². The molecule has 1 amide bonds. The fraction of sp³-hybridized carbons (Fsp3) is 0.379. The monoisotopic (exact) mass is 720 g/mol. The number of aliphatic hydroxyl groups excluding tert-OH is 2. The van der Waals surface area contributed by atoms with Gasteiger partial charge in [0.25, 0.3) is 5.56 Å². The molecule has 1 saturated heterocycles. The fourth-order valence-electron chi connectivity index (χ4n) is 5.76. The second kappa shape index (κ2) is 14.2. The van der Waals surface area contributed by atoms with Crippen molar-refractivity contribution in [3.63, 3.8) is 0 Å². The van der Waals surface area contributed by atoms with E-state index in [-0.39, 0.29) is 42.5 Å². The molecule has 4 aromatic rings. The van der Waals surface area contributed by atoms with Crippen molar-refractivity contribution in [2.24, 2.45) is 0 Å². The number of nitrogens with two attached hydrogens (primary N) is 1. The van der Waals surface area contributed by atoms with Crippen LogP contribution in [0.2, 0.25) is 0 Å². The lowest BCUT2D eigenvalue weighted by Crippen LogP contribution is -2.33. The summed E-state index contributed by atoms with van der Waals surface area (Å²) in [6.07, 6.45) is -2.78. The molecule has 20 heteroatoms. The zero-order chi connectivity index (χ0) is 34.9. The number of anilines is 2. The second-order valence-corrected chi connectivity index (χ2v) is 14.6. The molecule has 1 aliphatic carbocycles. The molecule has 0 bridgehead atoms. The van der Waals surface area contributed by atoms with E-state index in [2.05, 4.69) is 36.7 Å². The number of unbranched alkanes of at least 4 members (excludes halogenated alkanes) is 2. The van der Waals surface area contributed by atoms with Gasteiger partial charge in [-0.3, -0.25) is 28.2 Å². The van der Waals surface area contributed by atoms with Crippen molar-refractivity contribution in [1.29, 1.82) is 0 Å². The first-order chi connectivity index (χ1) is 23.3. The van der Waals surface area contributed by atoms with Crippen molar-refractivity contribution in [2.75, 3.05) is 24.3 Å². The van der Waals surface area contributed by atoms with Gasteiger partial charge in [-0.05, 0) is 53.6 Å². The average molecular weight is 721 g/mol. The molecule has 3 heterocycles. The van der Waals surface area contributed by atoms with Crippen LogP contribution in [0.25, 0.3) is 22.3 Å². The Balaban J connectivity index is 0.903. The van der Waals surface area contributed by atoms with Gasteiger partial charge in [0.1, 0.15) is 18.3 Å². The number of amides is 1. The van der Waals surface area contributed by atoms with Crippen LogP contribution in [-0.2, 0) is 38.4 Å². The Hall–Kier alpha value is -3.80. The molecule has 18 nitrogen and oxygen atoms in total. The molecular formula is C29H34N6O12P2. The molecule has 0 radical (unpaired) electrons. The SMILES string of the molecule is Nc1nc2c(ncn2[C@@H]2O[C@H](COP(=O)(O)OP(=O)(O)OCCCCCC(=O)Nc3ccc4c(c3)Cc3ccccc3-4)[C@@H](O)[C@H]2O)c(=O)[nH]1. The zero-order valence-electron chi connectivity index (χ0n) is 25.7. The third kappa shape index (κ3) is 8.00. The predicted molar refractivity (Wildman–Crippen MR) is 173 cm³/mol. The molecule has 8 N–H and O–H groups in total. The number of carbonyl (C=O) groups excluding carboxylic acids is 1. The van der Waals surface area contributed by atoms with Crippen LogP contribution in [0.4, 0.5) is 11.6 Å². The Bertz CT molecular complexity index is 2020. The number of H-pyrrole nitrogens is 1. The number of benzene rings is 2. The number of phosphoric ester groups is 2. The van der Waals surface area contributed by atoms with E-state index in [1.165, 1.54) is 11.1 Å². The Morgan fingerprint density at radius 3 is 2.61 bits per heavy atom. The number of phosphoric acid groups is 2. The molecule has 2 aliphatic rings. The maximum Gasteiger partial charge on any atom is 0.481 e. The Kier molecular flexibility index (Phi) is 10.2. The lowest BCUT2D eigenvalue weighted by Gasteiger charge is -2.19. The molecule has 1 aliphatic heterocycles. The van der Waals surface area contributed by atoms with Gasteiger partial charge in [-0.1, -0.05) is 36.8 Å². The third-order valence-electron chi connectivity index (χ3n) is 8.05. The van der Waals surface area contributed by atoms with Crippen LogP contribution in [0, 0.1) is 0 Å². The Morgan fingerprint density at radius 2 is 1.80 bits per heavy atom. The van der Waals surface area contributed by atoms with Crippen LogP contribution in [-0.4, -0.2) is 77.0 Å². The topological polar surface area (TPSA) is 271 Å². The number of ether oxygens (including phenoxy) is 1. The fourth-order valence-corrected chi connectivity index (χ4v) is 7.88. The Morgan fingerprint density at radius 1 is 1.04 bits per heavy atom. The Labute approximate surface area is 278 Å². The smallest absolute Gasteiger partial charge is 0.387 e. The highest BCUT2D eigenvalue weighted by atomic mass is 31.3. The van der Waals surface area contributed by atoms with Gasteiger partial charge in [0.05, 0.1) is 19.5 Å². The molecule has 0 spiro atoms. The van der Waals surface area contributed by atoms with E-state index in [1.54, 1.807) is 0 Å². The summed E-state index contributed by atoms with van der Waals surface area (Å²) in [4.78, 5) is 54.6. The van der Waals surface area contributed by atoms with Gasteiger partial charge < -0.3 is 35.8 Å². The van der Waals surface area contributed by atoms with Crippen molar-refractivity contribution in [2.45, 2.75) is 56.6 Å². The quantitative estimate of drug-likeness (QED) is 0.0641. The first-order valence-electron chi connectivity index (χ1n) is 15.2. The van der Waals surface area contributed by atoms with Crippen LogP contribution in [0.3, 0.4) is 0 Å². The number of nitrogen functional groups attached to an aromatic ring is 1. The minimum atomic E-state index is -5.23. The first kappa shape index (κ1) is 35.0. The second-order valence-electron chi connectivity index (χ2n) is 11.5. The standard InChI is InChI=1S/C29H34N6O12P2/c30-29-33-26-23(27(39)34-29)31-15-35(26)28-25(38)24(37)21(46-28)14-45-49(42,43)47-48(40,41)44-11-5-1-2-8-22(36)32-18-9-10-20-17(13-18)12-16-6-3-4-7-19(16)20/h3-4,6-7,9-10,13,15,21,24-25,28,37-38H,1-2,5,8,11-12,14H2,(H,32,36)(H,40,41)(H,42,43)(H3,30,33,34,39)/t21-,24-,25-,28-/m1/s1. The summed E-state index contributed by atoms with van der Waals surface area (Å²) >= 11 is 0. The van der Waals surface area contributed by atoms with Crippen LogP contribution in [0.15, 0.2) is 53.6 Å². The maximum atomic E-state index is 12.4. The summed E-state index contributed by atoms with van der Waals surface area (Å²) in [6, 6.07) is 14.0. The van der Waals surface area contributed by atoms with Crippen LogP contribution in [0.1, 0.15) is 43.0 Å². The van der Waals surface area contributed by atoms with Crippen molar-refractivity contribution >= 4 is 44.4 Å². The van der Waals surface area contributed by atoms with Gasteiger partial charge in [0.15, 0.2) is 17.4 Å². The normalized spacial score (nSPS) is 22.4. The number of aliphatic hydroxyl groups is 2. The third-order valence-corrected chi connectivity index (χ3v) is 10.7. The van der Waals surface area contributed by atoms with E-state index in [9.17, 15) is 38.7 Å². The molecular weight excluding hydrogens is 686 g/mol. The number of imidazole rings is 1. The number of hydrogen-bond acceptors (Lipinski definition) is 13. The number of fused-ring (bicyclic) bond motifs is 4. The number of hydrogen-bond donors (Lipinski definition) is 7. The largest absolute Gasteiger partial charge is 0.481 e. The van der Waals surface area contributed by atoms with Crippen LogP contribution < -0.4 is 16.6 Å². The van der Waals surface area contributed by atoms with E-state index in [1.807, 2.05) is 30.3 Å². The molecule has 6 atom stereocenters. The number of aromatic nitrogens is 4. The van der Waals surface area contributed by atoms with E-state index in [0.717, 1.165) is 28.4 Å². The van der Waals surface area contributed by atoms with Crippen molar-refractivity contribution in [3.05, 3.63) is 70.3 Å². The van der Waals surface area contributed by atoms with Crippen molar-refractivity contribution in [3.8, 4) is 11.1 Å².